The molecule has 30 heavy (non-hydrogen) atoms. The molecule has 1 N–H and O–H groups in total. The first-order valence-corrected chi connectivity index (χ1v) is 12.0. The lowest BCUT2D eigenvalue weighted by Gasteiger charge is -2.33. The second-order valence-corrected chi connectivity index (χ2v) is 10.3. The molecule has 1 aromatic heterocycles. The van der Waals surface area contributed by atoms with Gasteiger partial charge < -0.3 is 10.1 Å². The lowest BCUT2D eigenvalue weighted by atomic mass is 10.2. The SMILES string of the molecule is CC(C)n1c(=O)sc2cc(NC(=O)[C@@H]3CN(S(C)(=O)=O)c4ccccc4O3)ccc21. The monoisotopic (exact) mass is 447 g/mol. The largest absolute Gasteiger partial charge is 0.476 e. The van der Waals surface area contributed by atoms with Crippen molar-refractivity contribution in [3.05, 3.63) is 52.1 Å². The van der Waals surface area contributed by atoms with Crippen molar-refractivity contribution in [3.63, 3.8) is 0 Å². The van der Waals surface area contributed by atoms with E-state index in [0.717, 1.165) is 27.8 Å². The summed E-state index contributed by atoms with van der Waals surface area (Å²) in [5, 5.41) is 2.77. The fourth-order valence-electron chi connectivity index (χ4n) is 3.48. The van der Waals surface area contributed by atoms with Crippen molar-refractivity contribution in [2.75, 3.05) is 22.4 Å². The zero-order valence-electron chi connectivity index (χ0n) is 16.7. The normalized spacial score (nSPS) is 16.4. The third-order valence-electron chi connectivity index (χ3n) is 4.82. The van der Waals surface area contributed by atoms with E-state index >= 15 is 0 Å². The number of fused-ring (bicyclic) bond motifs is 2. The summed E-state index contributed by atoms with van der Waals surface area (Å²) in [4.78, 5) is 25.0. The molecule has 1 amide bonds. The number of benzene rings is 2. The number of amides is 1. The number of aromatic nitrogens is 1. The summed E-state index contributed by atoms with van der Waals surface area (Å²) < 4.78 is 33.8. The van der Waals surface area contributed by atoms with E-state index in [4.69, 9.17) is 4.74 Å². The van der Waals surface area contributed by atoms with E-state index in [1.807, 2.05) is 13.8 Å². The minimum absolute atomic E-state index is 0.0318. The molecule has 158 valence electrons. The van der Waals surface area contributed by atoms with E-state index in [2.05, 4.69) is 5.32 Å². The molecule has 0 radical (unpaired) electrons. The summed E-state index contributed by atoms with van der Waals surface area (Å²) in [5.41, 5.74) is 1.73. The number of ether oxygens (including phenoxy) is 1. The van der Waals surface area contributed by atoms with Gasteiger partial charge in [-0.1, -0.05) is 23.5 Å². The zero-order chi connectivity index (χ0) is 21.6. The fraction of sp³-hybridized carbons (Fsp3) is 0.300. The van der Waals surface area contributed by atoms with Crippen molar-refractivity contribution in [1.29, 1.82) is 0 Å². The van der Waals surface area contributed by atoms with Gasteiger partial charge in [-0.05, 0) is 44.2 Å². The summed E-state index contributed by atoms with van der Waals surface area (Å²) in [6.45, 7) is 3.76. The molecular weight excluding hydrogens is 426 g/mol. The van der Waals surface area contributed by atoms with Crippen LogP contribution in [0.25, 0.3) is 10.2 Å². The van der Waals surface area contributed by atoms with E-state index in [-0.39, 0.29) is 17.5 Å². The van der Waals surface area contributed by atoms with Crippen LogP contribution in [0.3, 0.4) is 0 Å². The maximum atomic E-state index is 12.8. The molecule has 0 aliphatic carbocycles. The smallest absolute Gasteiger partial charge is 0.308 e. The van der Waals surface area contributed by atoms with Crippen LogP contribution in [0.4, 0.5) is 11.4 Å². The molecule has 3 aromatic rings. The molecule has 0 unspecified atom stereocenters. The van der Waals surface area contributed by atoms with Gasteiger partial charge in [-0.3, -0.25) is 18.5 Å². The van der Waals surface area contributed by atoms with Gasteiger partial charge in [0.1, 0.15) is 5.75 Å². The minimum atomic E-state index is -3.58. The van der Waals surface area contributed by atoms with Crippen molar-refractivity contribution >= 4 is 48.9 Å². The van der Waals surface area contributed by atoms with Gasteiger partial charge in [-0.15, -0.1) is 0 Å². The molecule has 0 bridgehead atoms. The second kappa shape index (κ2) is 7.44. The molecule has 0 spiro atoms. The molecule has 2 heterocycles. The van der Waals surface area contributed by atoms with Crippen molar-refractivity contribution in [2.24, 2.45) is 0 Å². The van der Waals surface area contributed by atoms with E-state index in [9.17, 15) is 18.0 Å². The summed E-state index contributed by atoms with van der Waals surface area (Å²) in [5.74, 6) is -0.134. The van der Waals surface area contributed by atoms with Crippen molar-refractivity contribution < 1.29 is 17.9 Å². The Morgan fingerprint density at radius 3 is 2.67 bits per heavy atom. The van der Waals surface area contributed by atoms with Crippen LogP contribution < -0.4 is 19.2 Å². The van der Waals surface area contributed by atoms with Gasteiger partial charge >= 0.3 is 4.87 Å². The topological polar surface area (TPSA) is 97.7 Å². The summed E-state index contributed by atoms with van der Waals surface area (Å²) in [7, 11) is -3.58. The molecule has 0 saturated carbocycles. The van der Waals surface area contributed by atoms with Gasteiger partial charge in [0, 0.05) is 11.7 Å². The molecular formula is C20H21N3O5S2. The molecule has 1 aliphatic rings. The number of nitrogens with zero attached hydrogens (tertiary/aromatic N) is 2. The lowest BCUT2D eigenvalue weighted by Crippen LogP contribution is -2.48. The third kappa shape index (κ3) is 3.68. The average molecular weight is 448 g/mol. The van der Waals surface area contributed by atoms with Crippen LogP contribution in [0.5, 0.6) is 5.75 Å². The lowest BCUT2D eigenvalue weighted by molar-refractivity contribution is -0.122. The Morgan fingerprint density at radius 2 is 1.97 bits per heavy atom. The van der Waals surface area contributed by atoms with Gasteiger partial charge in [-0.25, -0.2) is 8.42 Å². The minimum Gasteiger partial charge on any atom is -0.476 e. The van der Waals surface area contributed by atoms with Crippen molar-refractivity contribution in [2.45, 2.75) is 26.0 Å². The number of anilines is 2. The first-order valence-electron chi connectivity index (χ1n) is 9.34. The van der Waals surface area contributed by atoms with E-state index in [0.29, 0.717) is 17.1 Å². The Morgan fingerprint density at radius 1 is 1.23 bits per heavy atom. The Kier molecular flexibility index (Phi) is 5.07. The van der Waals surface area contributed by atoms with Crippen LogP contribution in [0, 0.1) is 0 Å². The Labute approximate surface area is 177 Å². The third-order valence-corrected chi connectivity index (χ3v) is 6.89. The highest BCUT2D eigenvalue weighted by atomic mass is 32.2. The average Bonchev–Trinajstić information content (AvgIpc) is 3.01. The number of hydrogen-bond donors (Lipinski definition) is 1. The molecule has 0 fully saturated rings. The van der Waals surface area contributed by atoms with E-state index in [1.54, 1.807) is 47.0 Å². The molecule has 2 aromatic carbocycles. The molecule has 0 saturated heterocycles. The van der Waals surface area contributed by atoms with E-state index in [1.165, 1.54) is 4.31 Å². The summed E-state index contributed by atoms with van der Waals surface area (Å²) >= 11 is 1.12. The zero-order valence-corrected chi connectivity index (χ0v) is 18.3. The Balaban J connectivity index is 1.61. The van der Waals surface area contributed by atoms with E-state index < -0.39 is 22.0 Å². The molecule has 1 aliphatic heterocycles. The number of para-hydroxylation sites is 2. The fourth-order valence-corrected chi connectivity index (χ4v) is 5.45. The van der Waals surface area contributed by atoms with Crippen LogP contribution in [-0.2, 0) is 14.8 Å². The van der Waals surface area contributed by atoms with Gasteiger partial charge in [0.15, 0.2) is 6.10 Å². The van der Waals surface area contributed by atoms with Gasteiger partial charge in [0.05, 0.1) is 28.7 Å². The number of carbonyl (C=O) groups is 1. The summed E-state index contributed by atoms with van der Waals surface area (Å²) in [6, 6.07) is 12.0. The predicted octanol–water partition coefficient (Wildman–Crippen LogP) is 2.81. The molecule has 10 heteroatoms. The highest BCUT2D eigenvalue weighted by Crippen LogP contribution is 2.35. The molecule has 8 nitrogen and oxygen atoms in total. The molecule has 4 rings (SSSR count). The highest BCUT2D eigenvalue weighted by molar-refractivity contribution is 7.92. The first-order chi connectivity index (χ1) is 14.1. The van der Waals surface area contributed by atoms with Crippen LogP contribution in [0.15, 0.2) is 47.3 Å². The van der Waals surface area contributed by atoms with Crippen molar-refractivity contribution in [1.82, 2.24) is 4.57 Å². The maximum Gasteiger partial charge on any atom is 0.308 e. The predicted molar refractivity (Wildman–Crippen MR) is 118 cm³/mol. The van der Waals surface area contributed by atoms with Gasteiger partial charge in [-0.2, -0.15) is 0 Å². The standard InChI is InChI=1S/C20H21N3O5S2/c1-12(2)23-15-9-8-13(10-18(15)29-20(23)25)21-19(24)17-11-22(30(3,26)27)14-6-4-5-7-16(14)28-17/h4-10,12,17H,11H2,1-3H3,(H,21,24)/t17-/m0/s1. The van der Waals surface area contributed by atoms with Crippen LogP contribution in [-0.4, -0.2) is 37.8 Å². The Bertz CT molecular complexity index is 1290. The number of sulfonamides is 1. The highest BCUT2D eigenvalue weighted by Gasteiger charge is 2.34. The maximum absolute atomic E-state index is 12.8. The van der Waals surface area contributed by atoms with Crippen LogP contribution in [0.1, 0.15) is 19.9 Å². The molecule has 1 atom stereocenters. The number of hydrogen-bond acceptors (Lipinski definition) is 6. The second-order valence-electron chi connectivity index (χ2n) is 7.37. The number of nitrogens with one attached hydrogen (secondary N) is 1. The number of rotatable bonds is 4. The van der Waals surface area contributed by atoms with Gasteiger partial charge in [0.2, 0.25) is 10.0 Å². The van der Waals surface area contributed by atoms with Gasteiger partial charge in [0.25, 0.3) is 5.91 Å². The van der Waals surface area contributed by atoms with Crippen LogP contribution >= 0.6 is 11.3 Å². The first kappa shape index (κ1) is 20.4. The number of carbonyl (C=O) groups excluding carboxylic acids is 1. The number of thiazole rings is 1. The Hall–Kier alpha value is -2.85. The summed E-state index contributed by atoms with van der Waals surface area (Å²) in [6.07, 6.45) is 0.0866. The van der Waals surface area contributed by atoms with Crippen molar-refractivity contribution in [3.8, 4) is 5.75 Å². The quantitative estimate of drug-likeness (QED) is 0.663. The van der Waals surface area contributed by atoms with Crippen LogP contribution in [0.2, 0.25) is 0 Å².